The molecular weight excluding hydrogens is 124 g/mol. The number of hydrogen-bond acceptors (Lipinski definition) is 2. The van der Waals surface area contributed by atoms with Gasteiger partial charge in [0.1, 0.15) is 0 Å². The second-order valence-electron chi connectivity index (χ2n) is 3.26. The Morgan fingerprint density at radius 1 is 1.30 bits per heavy atom. The van der Waals surface area contributed by atoms with Crippen molar-refractivity contribution < 1.29 is 0 Å². The van der Waals surface area contributed by atoms with Gasteiger partial charge < -0.3 is 11.1 Å². The molecule has 0 aliphatic carbocycles. The number of rotatable bonds is 4. The van der Waals surface area contributed by atoms with Crippen LogP contribution in [0.15, 0.2) is 0 Å². The Labute approximate surface area is 64.2 Å². The number of nitrogens with two attached hydrogens (primary N) is 1. The fourth-order valence-electron chi connectivity index (χ4n) is 0.890. The monoisotopic (exact) mass is 144 g/mol. The summed E-state index contributed by atoms with van der Waals surface area (Å²) in [6, 6.07) is 0.900. The molecular formula is C8H20N2. The van der Waals surface area contributed by atoms with Gasteiger partial charge in [-0.05, 0) is 33.2 Å². The van der Waals surface area contributed by atoms with Crippen molar-refractivity contribution in [2.75, 3.05) is 7.05 Å². The first-order valence-corrected chi connectivity index (χ1v) is 4.00. The van der Waals surface area contributed by atoms with Crippen LogP contribution < -0.4 is 11.1 Å². The third kappa shape index (κ3) is 3.85. The fourth-order valence-corrected chi connectivity index (χ4v) is 0.890. The molecule has 0 aliphatic heterocycles. The van der Waals surface area contributed by atoms with Crippen LogP contribution in [-0.4, -0.2) is 19.1 Å². The smallest absolute Gasteiger partial charge is 0.00388 e. The number of hydrogen-bond donors (Lipinski definition) is 2. The molecule has 0 saturated heterocycles. The van der Waals surface area contributed by atoms with Crippen LogP contribution >= 0.6 is 0 Å². The lowest BCUT2D eigenvalue weighted by Crippen LogP contribution is -2.31. The summed E-state index contributed by atoms with van der Waals surface area (Å²) in [4.78, 5) is 0. The molecule has 0 radical (unpaired) electrons. The zero-order valence-corrected chi connectivity index (χ0v) is 7.52. The van der Waals surface area contributed by atoms with Crippen LogP contribution in [0.25, 0.3) is 0 Å². The predicted octanol–water partition coefficient (Wildman–Crippen LogP) is 0.968. The largest absolute Gasteiger partial charge is 0.328 e. The quantitative estimate of drug-likeness (QED) is 0.617. The molecule has 0 aliphatic rings. The molecule has 0 rings (SSSR count). The van der Waals surface area contributed by atoms with Crippen molar-refractivity contribution in [2.45, 2.75) is 39.3 Å². The molecule has 0 saturated carbocycles. The van der Waals surface area contributed by atoms with Gasteiger partial charge in [-0.15, -0.1) is 0 Å². The Morgan fingerprint density at radius 2 is 1.80 bits per heavy atom. The topological polar surface area (TPSA) is 38.0 Å². The van der Waals surface area contributed by atoms with Crippen LogP contribution in [0.1, 0.15) is 27.2 Å². The molecule has 2 unspecified atom stereocenters. The summed E-state index contributed by atoms with van der Waals surface area (Å²) in [5.41, 5.74) is 5.71. The maximum absolute atomic E-state index is 5.71. The van der Waals surface area contributed by atoms with Gasteiger partial charge in [0.2, 0.25) is 0 Å². The first-order valence-electron chi connectivity index (χ1n) is 4.00. The van der Waals surface area contributed by atoms with E-state index in [9.17, 15) is 0 Å². The maximum atomic E-state index is 5.71. The Kier molecular flexibility index (Phi) is 4.65. The van der Waals surface area contributed by atoms with Crippen molar-refractivity contribution in [1.29, 1.82) is 0 Å². The SMILES string of the molecule is CNC(C)CC(C)[C@H](C)N. The minimum atomic E-state index is 0.316. The van der Waals surface area contributed by atoms with Crippen molar-refractivity contribution in [3.8, 4) is 0 Å². The van der Waals surface area contributed by atoms with E-state index in [1.54, 1.807) is 0 Å². The molecule has 0 aromatic rings. The molecule has 0 spiro atoms. The Hall–Kier alpha value is -0.0800. The van der Waals surface area contributed by atoms with Crippen molar-refractivity contribution in [3.63, 3.8) is 0 Å². The van der Waals surface area contributed by atoms with Gasteiger partial charge in [-0.2, -0.15) is 0 Å². The Balaban J connectivity index is 3.46. The third-order valence-electron chi connectivity index (χ3n) is 2.12. The highest BCUT2D eigenvalue weighted by Crippen LogP contribution is 2.07. The van der Waals surface area contributed by atoms with Crippen LogP contribution in [0.4, 0.5) is 0 Å². The highest BCUT2D eigenvalue weighted by Gasteiger charge is 2.09. The van der Waals surface area contributed by atoms with Gasteiger partial charge in [0, 0.05) is 12.1 Å². The van der Waals surface area contributed by atoms with E-state index in [0.717, 1.165) is 6.42 Å². The van der Waals surface area contributed by atoms with Crippen LogP contribution in [0.3, 0.4) is 0 Å². The Bertz CT molecular complexity index is 81.3. The van der Waals surface area contributed by atoms with Gasteiger partial charge in [0.05, 0.1) is 0 Å². The van der Waals surface area contributed by atoms with E-state index in [0.29, 0.717) is 18.0 Å². The normalized spacial score (nSPS) is 20.1. The first-order chi connectivity index (χ1) is 4.57. The summed E-state index contributed by atoms with van der Waals surface area (Å²) < 4.78 is 0. The molecule has 62 valence electrons. The maximum Gasteiger partial charge on any atom is 0.00388 e. The molecule has 0 fully saturated rings. The zero-order valence-electron chi connectivity index (χ0n) is 7.52. The average Bonchev–Trinajstić information content (AvgIpc) is 1.87. The molecule has 0 heterocycles. The third-order valence-corrected chi connectivity index (χ3v) is 2.12. The first kappa shape index (κ1) is 9.92. The summed E-state index contributed by atoms with van der Waals surface area (Å²) in [5.74, 6) is 0.613. The van der Waals surface area contributed by atoms with Crippen LogP contribution in [0.2, 0.25) is 0 Å². The van der Waals surface area contributed by atoms with E-state index in [2.05, 4.69) is 26.1 Å². The lowest BCUT2D eigenvalue weighted by molar-refractivity contribution is 0.393. The van der Waals surface area contributed by atoms with E-state index in [4.69, 9.17) is 5.73 Å². The van der Waals surface area contributed by atoms with E-state index in [1.807, 2.05) is 7.05 Å². The summed E-state index contributed by atoms with van der Waals surface area (Å²) in [7, 11) is 1.98. The summed E-state index contributed by atoms with van der Waals surface area (Å²) >= 11 is 0. The molecule has 0 amide bonds. The molecule has 2 heteroatoms. The summed E-state index contributed by atoms with van der Waals surface area (Å²) in [6.45, 7) is 6.43. The molecule has 0 aromatic carbocycles. The second kappa shape index (κ2) is 4.69. The van der Waals surface area contributed by atoms with Gasteiger partial charge in [0.15, 0.2) is 0 Å². The van der Waals surface area contributed by atoms with Crippen molar-refractivity contribution in [2.24, 2.45) is 11.7 Å². The van der Waals surface area contributed by atoms with E-state index in [1.165, 1.54) is 0 Å². The van der Waals surface area contributed by atoms with Gasteiger partial charge >= 0.3 is 0 Å². The van der Waals surface area contributed by atoms with Gasteiger partial charge in [0.25, 0.3) is 0 Å². The average molecular weight is 144 g/mol. The summed E-state index contributed by atoms with van der Waals surface area (Å²) in [6.07, 6.45) is 1.16. The van der Waals surface area contributed by atoms with Crippen molar-refractivity contribution >= 4 is 0 Å². The zero-order chi connectivity index (χ0) is 8.15. The Morgan fingerprint density at radius 3 is 2.10 bits per heavy atom. The molecule has 2 nitrogen and oxygen atoms in total. The van der Waals surface area contributed by atoms with E-state index in [-0.39, 0.29) is 0 Å². The van der Waals surface area contributed by atoms with E-state index < -0.39 is 0 Å². The molecule has 3 atom stereocenters. The summed E-state index contributed by atoms with van der Waals surface area (Å²) in [5, 5.41) is 3.20. The van der Waals surface area contributed by atoms with Crippen LogP contribution in [0, 0.1) is 5.92 Å². The lowest BCUT2D eigenvalue weighted by Gasteiger charge is -2.19. The minimum absolute atomic E-state index is 0.316. The standard InChI is InChI=1S/C8H20N2/c1-6(8(3)9)5-7(2)10-4/h6-8,10H,5,9H2,1-4H3/t6?,7?,8-/m0/s1. The van der Waals surface area contributed by atoms with Crippen molar-refractivity contribution in [1.82, 2.24) is 5.32 Å². The van der Waals surface area contributed by atoms with Gasteiger partial charge in [-0.25, -0.2) is 0 Å². The molecule has 10 heavy (non-hydrogen) atoms. The minimum Gasteiger partial charge on any atom is -0.328 e. The highest BCUT2D eigenvalue weighted by atomic mass is 14.9. The highest BCUT2D eigenvalue weighted by molar-refractivity contribution is 4.69. The van der Waals surface area contributed by atoms with Crippen LogP contribution in [0.5, 0.6) is 0 Å². The molecule has 0 bridgehead atoms. The fraction of sp³-hybridized carbons (Fsp3) is 1.00. The second-order valence-corrected chi connectivity index (χ2v) is 3.26. The molecule has 3 N–H and O–H groups in total. The van der Waals surface area contributed by atoms with E-state index >= 15 is 0 Å². The lowest BCUT2D eigenvalue weighted by atomic mass is 9.97. The number of nitrogens with one attached hydrogen (secondary N) is 1. The van der Waals surface area contributed by atoms with Crippen LogP contribution in [-0.2, 0) is 0 Å². The van der Waals surface area contributed by atoms with Gasteiger partial charge in [-0.1, -0.05) is 6.92 Å². The molecule has 0 aromatic heterocycles. The van der Waals surface area contributed by atoms with Crippen molar-refractivity contribution in [3.05, 3.63) is 0 Å². The van der Waals surface area contributed by atoms with Gasteiger partial charge in [-0.3, -0.25) is 0 Å². The predicted molar refractivity (Wildman–Crippen MR) is 46.0 cm³/mol.